The van der Waals surface area contributed by atoms with Gasteiger partial charge in [0.05, 0.1) is 11.2 Å². The Morgan fingerprint density at radius 3 is 2.83 bits per heavy atom. The van der Waals surface area contributed by atoms with E-state index < -0.39 is 5.60 Å². The molecule has 5 heteroatoms. The summed E-state index contributed by atoms with van der Waals surface area (Å²) < 4.78 is 5.60. The molecule has 5 nitrogen and oxygen atoms in total. The molecule has 3 rings (SSSR count). The van der Waals surface area contributed by atoms with Crippen molar-refractivity contribution < 1.29 is 9.53 Å². The van der Waals surface area contributed by atoms with Crippen molar-refractivity contribution in [2.24, 2.45) is 5.92 Å². The number of H-pyrrole nitrogens is 1. The van der Waals surface area contributed by atoms with E-state index in [2.05, 4.69) is 29.3 Å². The maximum absolute atomic E-state index is 12.7. The molecular formula is C19H25N3O2. The first-order valence-electron chi connectivity index (χ1n) is 8.40. The van der Waals surface area contributed by atoms with Gasteiger partial charge in [-0.05, 0) is 57.7 Å². The van der Waals surface area contributed by atoms with Crippen molar-refractivity contribution in [2.75, 3.05) is 6.54 Å². The number of hydrogen-bond donors (Lipinski definition) is 1. The van der Waals surface area contributed by atoms with E-state index in [0.29, 0.717) is 12.5 Å². The molecule has 2 heterocycles. The van der Waals surface area contributed by atoms with Gasteiger partial charge >= 0.3 is 6.09 Å². The van der Waals surface area contributed by atoms with Crippen LogP contribution in [0.5, 0.6) is 0 Å². The number of allylic oxidation sites excluding steroid dienone is 1. The molecule has 1 atom stereocenters. The Kier molecular flexibility index (Phi) is 4.11. The Morgan fingerprint density at radius 1 is 1.38 bits per heavy atom. The minimum Gasteiger partial charge on any atom is -0.443 e. The third-order valence-corrected chi connectivity index (χ3v) is 4.15. The van der Waals surface area contributed by atoms with Crippen molar-refractivity contribution in [3.63, 3.8) is 0 Å². The summed E-state index contributed by atoms with van der Waals surface area (Å²) in [5, 5.41) is 8.35. The Bertz CT molecular complexity index is 799. The van der Waals surface area contributed by atoms with Crippen LogP contribution in [0.3, 0.4) is 0 Å². The minimum atomic E-state index is -0.506. The SMILES string of the molecule is Cc1[nH]nc2ccc(C3=CCC(C)CN3C(=O)OC(C)(C)C)cc12. The van der Waals surface area contributed by atoms with E-state index in [1.807, 2.05) is 39.8 Å². The lowest BCUT2D eigenvalue weighted by Crippen LogP contribution is -2.39. The van der Waals surface area contributed by atoms with E-state index in [-0.39, 0.29) is 6.09 Å². The molecule has 0 aliphatic carbocycles. The summed E-state index contributed by atoms with van der Waals surface area (Å²) in [4.78, 5) is 14.4. The third-order valence-electron chi connectivity index (χ3n) is 4.15. The molecule has 1 amide bonds. The van der Waals surface area contributed by atoms with Crippen molar-refractivity contribution in [3.05, 3.63) is 35.5 Å². The Balaban J connectivity index is 1.98. The van der Waals surface area contributed by atoms with E-state index in [0.717, 1.165) is 34.3 Å². The number of aryl methyl sites for hydroxylation is 1. The van der Waals surface area contributed by atoms with Crippen molar-refractivity contribution in [3.8, 4) is 0 Å². The van der Waals surface area contributed by atoms with E-state index >= 15 is 0 Å². The van der Waals surface area contributed by atoms with E-state index in [4.69, 9.17) is 4.74 Å². The van der Waals surface area contributed by atoms with Crippen molar-refractivity contribution in [1.29, 1.82) is 0 Å². The number of rotatable bonds is 1. The Labute approximate surface area is 142 Å². The largest absolute Gasteiger partial charge is 0.443 e. The third kappa shape index (κ3) is 3.30. The molecule has 1 aromatic heterocycles. The highest BCUT2D eigenvalue weighted by Gasteiger charge is 2.29. The molecule has 1 N–H and O–H groups in total. The molecule has 128 valence electrons. The highest BCUT2D eigenvalue weighted by Crippen LogP contribution is 2.31. The summed E-state index contributed by atoms with van der Waals surface area (Å²) in [5.41, 5.74) is 3.40. The van der Waals surface area contributed by atoms with Crippen molar-refractivity contribution in [2.45, 2.75) is 46.6 Å². The summed E-state index contributed by atoms with van der Waals surface area (Å²) in [7, 11) is 0. The van der Waals surface area contributed by atoms with Gasteiger partial charge < -0.3 is 4.74 Å². The van der Waals surface area contributed by atoms with E-state index in [1.165, 1.54) is 0 Å². The predicted octanol–water partition coefficient (Wildman–Crippen LogP) is 4.49. The first kappa shape index (κ1) is 16.6. The van der Waals surface area contributed by atoms with Gasteiger partial charge in [0.25, 0.3) is 0 Å². The number of aromatic amines is 1. The van der Waals surface area contributed by atoms with Crippen LogP contribution in [0.1, 0.15) is 45.4 Å². The zero-order valence-electron chi connectivity index (χ0n) is 15.0. The van der Waals surface area contributed by atoms with Crippen molar-refractivity contribution in [1.82, 2.24) is 15.1 Å². The van der Waals surface area contributed by atoms with Crippen molar-refractivity contribution >= 4 is 22.7 Å². The average molecular weight is 327 g/mol. The van der Waals surface area contributed by atoms with Gasteiger partial charge in [0.15, 0.2) is 0 Å². The normalized spacial score (nSPS) is 18.6. The molecule has 0 radical (unpaired) electrons. The summed E-state index contributed by atoms with van der Waals surface area (Å²) >= 11 is 0. The fourth-order valence-corrected chi connectivity index (χ4v) is 2.97. The standard InChI is InChI=1S/C19H25N3O2/c1-12-6-9-17(22(11-12)18(23)24-19(3,4)5)14-7-8-16-15(10-14)13(2)20-21-16/h7-10,12H,6,11H2,1-5H3,(H,20,21). The van der Waals surface area contributed by atoms with Crippen LogP contribution in [0.4, 0.5) is 4.79 Å². The number of aromatic nitrogens is 2. The summed E-state index contributed by atoms with van der Waals surface area (Å²) in [6.07, 6.45) is 2.80. The Hall–Kier alpha value is -2.30. The molecule has 0 bridgehead atoms. The number of nitrogens with zero attached hydrogens (tertiary/aromatic N) is 2. The first-order chi connectivity index (χ1) is 11.2. The lowest BCUT2D eigenvalue weighted by molar-refractivity contribution is 0.0327. The second-order valence-corrected chi connectivity index (χ2v) is 7.60. The lowest BCUT2D eigenvalue weighted by atomic mass is 9.97. The smallest absolute Gasteiger partial charge is 0.414 e. The Morgan fingerprint density at radius 2 is 2.12 bits per heavy atom. The average Bonchev–Trinajstić information content (AvgIpc) is 2.86. The van der Waals surface area contributed by atoms with Gasteiger partial charge in [-0.1, -0.05) is 19.1 Å². The second-order valence-electron chi connectivity index (χ2n) is 7.60. The fourth-order valence-electron chi connectivity index (χ4n) is 2.97. The first-order valence-corrected chi connectivity index (χ1v) is 8.40. The van der Waals surface area contributed by atoms with Gasteiger partial charge in [-0.2, -0.15) is 5.10 Å². The van der Waals surface area contributed by atoms with Gasteiger partial charge in [-0.3, -0.25) is 10.00 Å². The van der Waals surface area contributed by atoms with Gasteiger partial charge in [-0.15, -0.1) is 0 Å². The molecule has 1 aliphatic rings. The number of carbonyl (C=O) groups excluding carboxylic acids is 1. The van der Waals surface area contributed by atoms with Crippen LogP contribution in [-0.4, -0.2) is 33.3 Å². The minimum absolute atomic E-state index is 0.288. The number of hydrogen-bond acceptors (Lipinski definition) is 3. The number of ether oxygens (including phenoxy) is 1. The maximum atomic E-state index is 12.7. The van der Waals surface area contributed by atoms with Crippen LogP contribution in [0.15, 0.2) is 24.3 Å². The molecule has 1 aromatic carbocycles. The molecule has 0 saturated carbocycles. The molecule has 0 spiro atoms. The predicted molar refractivity (Wildman–Crippen MR) is 95.5 cm³/mol. The van der Waals surface area contributed by atoms with Gasteiger partial charge in [0, 0.05) is 17.6 Å². The summed E-state index contributed by atoms with van der Waals surface area (Å²) in [6, 6.07) is 6.09. The lowest BCUT2D eigenvalue weighted by Gasteiger charge is -2.34. The number of nitrogens with one attached hydrogen (secondary N) is 1. The molecule has 1 aliphatic heterocycles. The monoisotopic (exact) mass is 327 g/mol. The van der Waals surface area contributed by atoms with Crippen LogP contribution < -0.4 is 0 Å². The molecule has 2 aromatic rings. The highest BCUT2D eigenvalue weighted by molar-refractivity contribution is 5.88. The molecule has 0 fully saturated rings. The maximum Gasteiger partial charge on any atom is 0.414 e. The van der Waals surface area contributed by atoms with Gasteiger partial charge in [0.1, 0.15) is 5.60 Å². The number of carbonyl (C=O) groups is 1. The van der Waals surface area contributed by atoms with E-state index in [1.54, 1.807) is 4.90 Å². The molecule has 1 unspecified atom stereocenters. The fraction of sp³-hybridized carbons (Fsp3) is 0.474. The number of amides is 1. The van der Waals surface area contributed by atoms with E-state index in [9.17, 15) is 4.79 Å². The molecule has 24 heavy (non-hydrogen) atoms. The molecule has 0 saturated heterocycles. The second kappa shape index (κ2) is 5.96. The summed E-state index contributed by atoms with van der Waals surface area (Å²) in [5.74, 6) is 0.417. The zero-order valence-corrected chi connectivity index (χ0v) is 15.0. The van der Waals surface area contributed by atoms with Crippen LogP contribution in [0, 0.1) is 12.8 Å². The topological polar surface area (TPSA) is 58.2 Å². The summed E-state index contributed by atoms with van der Waals surface area (Å²) in [6.45, 7) is 10.5. The number of fused-ring (bicyclic) bond motifs is 1. The van der Waals surface area contributed by atoms with Crippen LogP contribution in [-0.2, 0) is 4.74 Å². The number of benzene rings is 1. The quantitative estimate of drug-likeness (QED) is 0.839. The highest BCUT2D eigenvalue weighted by atomic mass is 16.6. The van der Waals surface area contributed by atoms with Crippen LogP contribution >= 0.6 is 0 Å². The zero-order chi connectivity index (χ0) is 17.5. The molecular weight excluding hydrogens is 302 g/mol. The van der Waals surface area contributed by atoms with Gasteiger partial charge in [-0.25, -0.2) is 4.79 Å². The van der Waals surface area contributed by atoms with Gasteiger partial charge in [0.2, 0.25) is 0 Å². The van der Waals surface area contributed by atoms with Crippen LogP contribution in [0.25, 0.3) is 16.6 Å². The van der Waals surface area contributed by atoms with Crippen LogP contribution in [0.2, 0.25) is 0 Å².